The standard InChI is InChI=1S/C16H31NO/c1-4-13-9-6-7-10-14(13)15(17-5-2)16(3)11-8-12-18-16/h13-15,17H,4-12H2,1-3H3. The van der Waals surface area contributed by atoms with Crippen molar-refractivity contribution in [1.82, 2.24) is 5.32 Å². The van der Waals surface area contributed by atoms with Gasteiger partial charge in [0.25, 0.3) is 0 Å². The molecule has 2 nitrogen and oxygen atoms in total. The SMILES string of the molecule is CCNC(C1CCCCC1CC)C1(C)CCCO1. The molecule has 0 amide bonds. The minimum absolute atomic E-state index is 0.0887. The van der Waals surface area contributed by atoms with Crippen LogP contribution >= 0.6 is 0 Å². The molecule has 2 aliphatic rings. The van der Waals surface area contributed by atoms with Crippen LogP contribution in [0, 0.1) is 11.8 Å². The van der Waals surface area contributed by atoms with E-state index in [1.54, 1.807) is 0 Å². The van der Waals surface area contributed by atoms with Crippen LogP contribution in [0.2, 0.25) is 0 Å². The first-order valence-electron chi connectivity index (χ1n) is 8.08. The molecule has 2 fully saturated rings. The lowest BCUT2D eigenvalue weighted by Crippen LogP contribution is -2.55. The van der Waals surface area contributed by atoms with Crippen LogP contribution in [0.25, 0.3) is 0 Å². The number of hydrogen-bond acceptors (Lipinski definition) is 2. The van der Waals surface area contributed by atoms with Crippen molar-refractivity contribution in [3.8, 4) is 0 Å². The summed E-state index contributed by atoms with van der Waals surface area (Å²) >= 11 is 0. The second kappa shape index (κ2) is 6.38. The molecule has 0 bridgehead atoms. The normalized spacial score (nSPS) is 38.8. The molecule has 0 aromatic heterocycles. The van der Waals surface area contributed by atoms with Crippen molar-refractivity contribution < 1.29 is 4.74 Å². The molecule has 4 unspecified atom stereocenters. The van der Waals surface area contributed by atoms with E-state index in [1.807, 2.05) is 0 Å². The zero-order valence-corrected chi connectivity index (χ0v) is 12.5. The number of ether oxygens (including phenoxy) is 1. The molecule has 1 aliphatic carbocycles. The van der Waals surface area contributed by atoms with E-state index in [2.05, 4.69) is 26.1 Å². The molecule has 0 spiro atoms. The minimum Gasteiger partial charge on any atom is -0.374 e. The monoisotopic (exact) mass is 253 g/mol. The van der Waals surface area contributed by atoms with Crippen molar-refractivity contribution in [3.63, 3.8) is 0 Å². The number of nitrogens with one attached hydrogen (secondary N) is 1. The Morgan fingerprint density at radius 1 is 1.22 bits per heavy atom. The van der Waals surface area contributed by atoms with Gasteiger partial charge >= 0.3 is 0 Å². The van der Waals surface area contributed by atoms with Crippen molar-refractivity contribution in [2.75, 3.05) is 13.2 Å². The van der Waals surface area contributed by atoms with Gasteiger partial charge in [0.05, 0.1) is 5.60 Å². The average molecular weight is 253 g/mol. The van der Waals surface area contributed by atoms with Crippen molar-refractivity contribution in [1.29, 1.82) is 0 Å². The van der Waals surface area contributed by atoms with Crippen molar-refractivity contribution >= 4 is 0 Å². The van der Waals surface area contributed by atoms with E-state index in [-0.39, 0.29) is 5.60 Å². The predicted molar refractivity (Wildman–Crippen MR) is 76.8 cm³/mol. The number of hydrogen-bond donors (Lipinski definition) is 1. The van der Waals surface area contributed by atoms with Gasteiger partial charge in [0, 0.05) is 12.6 Å². The number of likely N-dealkylation sites (N-methyl/N-ethyl adjacent to an activating group) is 1. The molecular weight excluding hydrogens is 222 g/mol. The van der Waals surface area contributed by atoms with Crippen LogP contribution < -0.4 is 5.32 Å². The Bertz CT molecular complexity index is 247. The van der Waals surface area contributed by atoms with E-state index in [0.29, 0.717) is 6.04 Å². The van der Waals surface area contributed by atoms with Gasteiger partial charge in [0.1, 0.15) is 0 Å². The third kappa shape index (κ3) is 2.91. The van der Waals surface area contributed by atoms with E-state index >= 15 is 0 Å². The smallest absolute Gasteiger partial charge is 0.0810 e. The Balaban J connectivity index is 2.12. The zero-order valence-electron chi connectivity index (χ0n) is 12.5. The Kier molecular flexibility index (Phi) is 5.08. The average Bonchev–Trinajstić information content (AvgIpc) is 2.84. The summed E-state index contributed by atoms with van der Waals surface area (Å²) in [6.07, 6.45) is 9.49. The molecule has 0 aromatic rings. The summed E-state index contributed by atoms with van der Waals surface area (Å²) in [4.78, 5) is 0. The summed E-state index contributed by atoms with van der Waals surface area (Å²) in [6.45, 7) is 8.96. The highest BCUT2D eigenvalue weighted by molar-refractivity contribution is 4.98. The van der Waals surface area contributed by atoms with Gasteiger partial charge in [-0.05, 0) is 44.6 Å². The fourth-order valence-electron chi connectivity index (χ4n) is 4.27. The molecule has 1 aliphatic heterocycles. The summed E-state index contributed by atoms with van der Waals surface area (Å²) in [7, 11) is 0. The van der Waals surface area contributed by atoms with E-state index in [0.717, 1.165) is 25.0 Å². The fraction of sp³-hybridized carbons (Fsp3) is 1.00. The molecule has 4 atom stereocenters. The van der Waals surface area contributed by atoms with E-state index in [9.17, 15) is 0 Å². The summed E-state index contributed by atoms with van der Waals surface area (Å²) in [5.41, 5.74) is 0.0887. The maximum atomic E-state index is 6.14. The van der Waals surface area contributed by atoms with Gasteiger partial charge in [-0.2, -0.15) is 0 Å². The molecule has 1 heterocycles. The molecule has 106 valence electrons. The highest BCUT2D eigenvalue weighted by atomic mass is 16.5. The topological polar surface area (TPSA) is 21.3 Å². The highest BCUT2D eigenvalue weighted by Gasteiger charge is 2.44. The highest BCUT2D eigenvalue weighted by Crippen LogP contribution is 2.41. The fourth-order valence-corrected chi connectivity index (χ4v) is 4.27. The first-order chi connectivity index (χ1) is 8.71. The second-order valence-electron chi connectivity index (χ2n) is 6.42. The molecule has 18 heavy (non-hydrogen) atoms. The van der Waals surface area contributed by atoms with Gasteiger partial charge < -0.3 is 10.1 Å². The number of rotatable bonds is 5. The van der Waals surface area contributed by atoms with Gasteiger partial charge in [-0.25, -0.2) is 0 Å². The van der Waals surface area contributed by atoms with Crippen molar-refractivity contribution in [2.45, 2.75) is 77.4 Å². The van der Waals surface area contributed by atoms with Crippen LogP contribution in [0.3, 0.4) is 0 Å². The van der Waals surface area contributed by atoms with Crippen molar-refractivity contribution in [2.24, 2.45) is 11.8 Å². The Morgan fingerprint density at radius 2 is 2.00 bits per heavy atom. The quantitative estimate of drug-likeness (QED) is 0.805. The minimum atomic E-state index is 0.0887. The molecule has 2 heteroatoms. The molecular formula is C16H31NO. The molecule has 1 saturated carbocycles. The maximum absolute atomic E-state index is 6.14. The molecule has 1 saturated heterocycles. The van der Waals surface area contributed by atoms with Gasteiger partial charge in [-0.1, -0.05) is 39.5 Å². The molecule has 0 radical (unpaired) electrons. The Labute approximate surface area is 113 Å². The van der Waals surface area contributed by atoms with Gasteiger partial charge in [-0.3, -0.25) is 0 Å². The van der Waals surface area contributed by atoms with E-state index in [1.165, 1.54) is 44.9 Å². The summed E-state index contributed by atoms with van der Waals surface area (Å²) in [5.74, 6) is 1.73. The molecule has 2 rings (SSSR count). The lowest BCUT2D eigenvalue weighted by atomic mass is 9.69. The molecule has 0 aromatic carbocycles. The third-order valence-electron chi connectivity index (χ3n) is 5.25. The van der Waals surface area contributed by atoms with Crippen LogP contribution in [0.4, 0.5) is 0 Å². The predicted octanol–water partition coefficient (Wildman–Crippen LogP) is 3.75. The van der Waals surface area contributed by atoms with Crippen LogP contribution in [-0.4, -0.2) is 24.8 Å². The first kappa shape index (κ1) is 14.3. The van der Waals surface area contributed by atoms with Gasteiger partial charge in [0.15, 0.2) is 0 Å². The van der Waals surface area contributed by atoms with Gasteiger partial charge in [0.2, 0.25) is 0 Å². The third-order valence-corrected chi connectivity index (χ3v) is 5.25. The Hall–Kier alpha value is -0.0800. The van der Waals surface area contributed by atoms with E-state index < -0.39 is 0 Å². The van der Waals surface area contributed by atoms with Crippen LogP contribution in [-0.2, 0) is 4.74 Å². The lowest BCUT2D eigenvalue weighted by molar-refractivity contribution is -0.0436. The van der Waals surface area contributed by atoms with Crippen LogP contribution in [0.1, 0.15) is 65.7 Å². The van der Waals surface area contributed by atoms with Crippen molar-refractivity contribution in [3.05, 3.63) is 0 Å². The van der Waals surface area contributed by atoms with Crippen LogP contribution in [0.15, 0.2) is 0 Å². The summed E-state index contributed by atoms with van der Waals surface area (Å²) < 4.78 is 6.14. The largest absolute Gasteiger partial charge is 0.374 e. The first-order valence-corrected chi connectivity index (χ1v) is 8.08. The zero-order chi connectivity index (χ0) is 13.0. The lowest BCUT2D eigenvalue weighted by Gasteiger charge is -2.44. The maximum Gasteiger partial charge on any atom is 0.0810 e. The Morgan fingerprint density at radius 3 is 2.61 bits per heavy atom. The molecule has 1 N–H and O–H groups in total. The van der Waals surface area contributed by atoms with Gasteiger partial charge in [-0.15, -0.1) is 0 Å². The van der Waals surface area contributed by atoms with Crippen LogP contribution in [0.5, 0.6) is 0 Å². The summed E-state index contributed by atoms with van der Waals surface area (Å²) in [6, 6.07) is 0.565. The van der Waals surface area contributed by atoms with E-state index in [4.69, 9.17) is 4.74 Å². The second-order valence-corrected chi connectivity index (χ2v) is 6.42. The summed E-state index contributed by atoms with van der Waals surface area (Å²) in [5, 5.41) is 3.77.